The summed E-state index contributed by atoms with van der Waals surface area (Å²) in [5, 5.41) is 2.59. The van der Waals surface area contributed by atoms with E-state index >= 15 is 0 Å². The molecule has 0 aliphatic carbocycles. The van der Waals surface area contributed by atoms with Gasteiger partial charge in [0.2, 0.25) is 0 Å². The molecule has 128 valence electrons. The summed E-state index contributed by atoms with van der Waals surface area (Å²) < 4.78 is 20.9. The molecule has 2 aromatic carbocycles. The summed E-state index contributed by atoms with van der Waals surface area (Å²) in [6.07, 6.45) is 1.73. The third-order valence-electron chi connectivity index (χ3n) is 3.26. The molecule has 1 N–H and O–H groups in total. The molecule has 1 saturated heterocycles. The van der Waals surface area contributed by atoms with Gasteiger partial charge in [0.15, 0.2) is 0 Å². The van der Waals surface area contributed by atoms with Gasteiger partial charge in [0.05, 0.1) is 9.38 Å². The lowest BCUT2D eigenvalue weighted by molar-refractivity contribution is -0.115. The second kappa shape index (κ2) is 7.99. The highest BCUT2D eigenvalue weighted by molar-refractivity contribution is 9.11. The first-order chi connectivity index (χ1) is 11.9. The molecule has 25 heavy (non-hydrogen) atoms. The Bertz CT molecular complexity index is 885. The van der Waals surface area contributed by atoms with Crippen LogP contribution in [0.15, 0.2) is 50.2 Å². The van der Waals surface area contributed by atoms with Crippen molar-refractivity contribution in [1.82, 2.24) is 5.32 Å². The molecule has 1 amide bonds. The van der Waals surface area contributed by atoms with E-state index in [1.165, 1.54) is 23.9 Å². The van der Waals surface area contributed by atoms with Gasteiger partial charge < -0.3 is 10.1 Å². The Morgan fingerprint density at radius 3 is 2.60 bits per heavy atom. The number of benzene rings is 2. The lowest BCUT2D eigenvalue weighted by Gasteiger charge is -2.13. The molecule has 0 aromatic heterocycles. The molecule has 3 rings (SSSR count). The second-order valence-electron chi connectivity index (χ2n) is 5.07. The largest absolute Gasteiger partial charge is 0.487 e. The second-order valence-corrected chi connectivity index (χ2v) is 8.56. The molecule has 1 aliphatic rings. The van der Waals surface area contributed by atoms with Gasteiger partial charge >= 0.3 is 0 Å². The standard InChI is InChI=1S/C17H10Br2FNO2S2/c18-11-5-10(6-14-16(22)21-17(24)25-14)15(13(19)7-11)23-8-9-1-3-12(20)4-2-9/h1-7H,8H2,(H,21,22,24)/b14-6-. The molecule has 2 aromatic rings. The zero-order chi connectivity index (χ0) is 18.0. The highest BCUT2D eigenvalue weighted by Crippen LogP contribution is 2.37. The molecule has 0 bridgehead atoms. The van der Waals surface area contributed by atoms with Crippen molar-refractivity contribution in [3.8, 4) is 5.75 Å². The summed E-state index contributed by atoms with van der Waals surface area (Å²) >= 11 is 13.1. The zero-order valence-electron chi connectivity index (χ0n) is 12.5. The first-order valence-corrected chi connectivity index (χ1v) is 9.84. The predicted molar refractivity (Wildman–Crippen MR) is 109 cm³/mol. The van der Waals surface area contributed by atoms with Crippen molar-refractivity contribution < 1.29 is 13.9 Å². The Morgan fingerprint density at radius 1 is 1.24 bits per heavy atom. The van der Waals surface area contributed by atoms with Gasteiger partial charge in [0.1, 0.15) is 22.5 Å². The Balaban J connectivity index is 1.90. The van der Waals surface area contributed by atoms with Crippen LogP contribution < -0.4 is 10.1 Å². The van der Waals surface area contributed by atoms with Gasteiger partial charge in [-0.1, -0.05) is 52.0 Å². The molecule has 8 heteroatoms. The molecule has 1 fully saturated rings. The van der Waals surface area contributed by atoms with Crippen molar-refractivity contribution in [1.29, 1.82) is 0 Å². The van der Waals surface area contributed by atoms with Crippen LogP contribution in [0.5, 0.6) is 5.75 Å². The Hall–Kier alpha value is -1.22. The number of nitrogens with one attached hydrogen (secondary N) is 1. The predicted octanol–water partition coefficient (Wildman–Crippen LogP) is 5.42. The summed E-state index contributed by atoms with van der Waals surface area (Å²) in [6, 6.07) is 9.82. The first-order valence-electron chi connectivity index (χ1n) is 7.03. The van der Waals surface area contributed by atoms with E-state index in [9.17, 15) is 9.18 Å². The van der Waals surface area contributed by atoms with E-state index in [-0.39, 0.29) is 18.3 Å². The number of thioether (sulfide) groups is 1. The number of hydrogen-bond donors (Lipinski definition) is 1. The van der Waals surface area contributed by atoms with E-state index in [1.54, 1.807) is 18.2 Å². The fraction of sp³-hybridized carbons (Fsp3) is 0.0588. The van der Waals surface area contributed by atoms with E-state index in [1.807, 2.05) is 12.1 Å². The molecule has 0 radical (unpaired) electrons. The van der Waals surface area contributed by atoms with Gasteiger partial charge in [-0.05, 0) is 51.8 Å². The summed E-state index contributed by atoms with van der Waals surface area (Å²) in [5.74, 6) is 0.0704. The van der Waals surface area contributed by atoms with Crippen LogP contribution in [0.4, 0.5) is 4.39 Å². The lowest BCUT2D eigenvalue weighted by atomic mass is 10.1. The SMILES string of the molecule is O=C1NC(=S)S/C1=C\c1cc(Br)cc(Br)c1OCc1ccc(F)cc1. The molecule has 1 heterocycles. The van der Waals surface area contributed by atoms with Crippen LogP contribution in [-0.2, 0) is 11.4 Å². The minimum absolute atomic E-state index is 0.226. The van der Waals surface area contributed by atoms with Crippen LogP contribution >= 0.6 is 55.8 Å². The third-order valence-corrected chi connectivity index (χ3v) is 5.47. The zero-order valence-corrected chi connectivity index (χ0v) is 17.3. The van der Waals surface area contributed by atoms with Crippen LogP contribution in [0, 0.1) is 5.82 Å². The van der Waals surface area contributed by atoms with E-state index in [2.05, 4.69) is 37.2 Å². The van der Waals surface area contributed by atoms with Crippen LogP contribution in [0.25, 0.3) is 6.08 Å². The number of hydrogen-bond acceptors (Lipinski definition) is 4. The van der Waals surface area contributed by atoms with Gasteiger partial charge in [-0.2, -0.15) is 0 Å². The van der Waals surface area contributed by atoms with Crippen LogP contribution in [0.3, 0.4) is 0 Å². The van der Waals surface area contributed by atoms with Crippen molar-refractivity contribution in [2.45, 2.75) is 6.61 Å². The molecule has 3 nitrogen and oxygen atoms in total. The van der Waals surface area contributed by atoms with Crippen LogP contribution in [0.1, 0.15) is 11.1 Å². The van der Waals surface area contributed by atoms with E-state index < -0.39 is 0 Å². The number of thiocarbonyl (C=S) groups is 1. The average molecular weight is 503 g/mol. The topological polar surface area (TPSA) is 38.3 Å². The summed E-state index contributed by atoms with van der Waals surface area (Å²) in [7, 11) is 0. The Morgan fingerprint density at radius 2 is 1.96 bits per heavy atom. The van der Waals surface area contributed by atoms with E-state index in [4.69, 9.17) is 17.0 Å². The minimum atomic E-state index is -0.292. The van der Waals surface area contributed by atoms with Gasteiger partial charge in [-0.3, -0.25) is 4.79 Å². The van der Waals surface area contributed by atoms with Crippen molar-refractivity contribution in [3.63, 3.8) is 0 Å². The van der Waals surface area contributed by atoms with E-state index in [0.717, 1.165) is 20.1 Å². The summed E-state index contributed by atoms with van der Waals surface area (Å²) in [6.45, 7) is 0.272. The number of halogens is 3. The van der Waals surface area contributed by atoms with E-state index in [0.29, 0.717) is 15.0 Å². The van der Waals surface area contributed by atoms with Crippen LogP contribution in [0.2, 0.25) is 0 Å². The number of carbonyl (C=O) groups is 1. The monoisotopic (exact) mass is 501 g/mol. The molecular formula is C17H10Br2FNO2S2. The van der Waals surface area contributed by atoms with Gasteiger partial charge in [0.25, 0.3) is 5.91 Å². The highest BCUT2D eigenvalue weighted by atomic mass is 79.9. The fourth-order valence-corrected chi connectivity index (χ4v) is 4.55. The number of rotatable bonds is 4. The molecule has 0 saturated carbocycles. The third kappa shape index (κ3) is 4.69. The maximum absolute atomic E-state index is 13.0. The Labute approximate surface area is 170 Å². The quantitative estimate of drug-likeness (QED) is 0.447. The highest BCUT2D eigenvalue weighted by Gasteiger charge is 2.23. The van der Waals surface area contributed by atoms with Crippen molar-refractivity contribution >= 4 is 72.1 Å². The number of carbonyl (C=O) groups excluding carboxylic acids is 1. The molecular weight excluding hydrogens is 493 g/mol. The molecule has 0 unspecified atom stereocenters. The number of ether oxygens (including phenoxy) is 1. The average Bonchev–Trinajstić information content (AvgIpc) is 2.85. The number of amides is 1. The van der Waals surface area contributed by atoms with Crippen molar-refractivity contribution in [2.24, 2.45) is 0 Å². The summed E-state index contributed by atoms with van der Waals surface area (Å²) in [5.41, 5.74) is 1.56. The molecule has 0 atom stereocenters. The molecule has 1 aliphatic heterocycles. The molecule has 0 spiro atoms. The maximum atomic E-state index is 13.0. The lowest BCUT2D eigenvalue weighted by Crippen LogP contribution is -2.17. The van der Waals surface area contributed by atoms with Gasteiger partial charge in [-0.15, -0.1) is 0 Å². The Kier molecular flexibility index (Phi) is 5.93. The normalized spacial score (nSPS) is 15.6. The summed E-state index contributed by atoms with van der Waals surface area (Å²) in [4.78, 5) is 12.4. The van der Waals surface area contributed by atoms with Gasteiger partial charge in [-0.25, -0.2) is 4.39 Å². The minimum Gasteiger partial charge on any atom is -0.487 e. The smallest absolute Gasteiger partial charge is 0.263 e. The maximum Gasteiger partial charge on any atom is 0.263 e. The van der Waals surface area contributed by atoms with Crippen LogP contribution in [-0.4, -0.2) is 10.2 Å². The fourth-order valence-electron chi connectivity index (χ4n) is 2.14. The van der Waals surface area contributed by atoms with Crippen molar-refractivity contribution in [3.05, 3.63) is 67.2 Å². The first kappa shape index (κ1) is 18.6. The van der Waals surface area contributed by atoms with Crippen molar-refractivity contribution in [2.75, 3.05) is 0 Å². The van der Waals surface area contributed by atoms with Gasteiger partial charge in [0, 0.05) is 10.0 Å².